The Bertz CT molecular complexity index is 941. The van der Waals surface area contributed by atoms with Gasteiger partial charge < -0.3 is 25.4 Å². The van der Waals surface area contributed by atoms with Gasteiger partial charge in [-0.2, -0.15) is 0 Å². The predicted molar refractivity (Wildman–Crippen MR) is 89.7 cm³/mol. The lowest BCUT2D eigenvalue weighted by Crippen LogP contribution is -2.40. The summed E-state index contributed by atoms with van der Waals surface area (Å²) in [4.78, 5) is 41.1. The first-order valence-electron chi connectivity index (χ1n) is 8.09. The van der Waals surface area contributed by atoms with E-state index in [9.17, 15) is 24.6 Å². The number of hydrogen-bond acceptors (Lipinski definition) is 8. The van der Waals surface area contributed by atoms with Crippen LogP contribution in [0.5, 0.6) is 0 Å². The fourth-order valence-corrected chi connectivity index (χ4v) is 2.73. The molecule has 3 heterocycles. The molecule has 144 valence electrons. The number of amides is 1. The van der Waals surface area contributed by atoms with E-state index in [0.29, 0.717) is 5.69 Å². The molecule has 0 unspecified atom stereocenters. The molecular weight excluding hydrogens is 360 g/mol. The Hall–Kier alpha value is -2.86. The smallest absolute Gasteiger partial charge is 0.330 e. The summed E-state index contributed by atoms with van der Waals surface area (Å²) >= 11 is 0. The molecule has 0 spiro atoms. The number of carbonyl (C=O) groups excluding carboxylic acids is 1. The number of ether oxygens (including phenoxy) is 1. The molecule has 2 aromatic heterocycles. The Morgan fingerprint density at radius 2 is 2.04 bits per heavy atom. The number of aliphatic hydroxyl groups excluding tert-OH is 3. The van der Waals surface area contributed by atoms with Crippen molar-refractivity contribution in [3.8, 4) is 0 Å². The number of aromatic nitrogens is 3. The fraction of sp³-hybridized carbons (Fsp3) is 0.375. The van der Waals surface area contributed by atoms with Crippen molar-refractivity contribution in [2.75, 3.05) is 6.54 Å². The van der Waals surface area contributed by atoms with Crippen LogP contribution in [0.4, 0.5) is 0 Å². The van der Waals surface area contributed by atoms with E-state index in [1.807, 2.05) is 4.98 Å². The number of nitrogens with zero attached hydrogens (tertiary/aromatic N) is 2. The zero-order valence-electron chi connectivity index (χ0n) is 14.0. The lowest BCUT2D eigenvalue weighted by molar-refractivity contribution is -0.0387. The molecule has 4 atom stereocenters. The van der Waals surface area contributed by atoms with E-state index in [0.717, 1.165) is 16.8 Å². The zero-order valence-corrected chi connectivity index (χ0v) is 14.0. The third-order valence-electron chi connectivity index (χ3n) is 4.13. The highest BCUT2D eigenvalue weighted by Gasteiger charge is 2.44. The lowest BCUT2D eigenvalue weighted by atomic mass is 10.1. The Balaban J connectivity index is 1.68. The van der Waals surface area contributed by atoms with Gasteiger partial charge in [0.2, 0.25) is 0 Å². The quantitative estimate of drug-likeness (QED) is 0.380. The van der Waals surface area contributed by atoms with Crippen molar-refractivity contribution in [2.45, 2.75) is 31.1 Å². The van der Waals surface area contributed by atoms with E-state index in [1.165, 1.54) is 6.07 Å². The molecule has 27 heavy (non-hydrogen) atoms. The number of hydrogen-bond donors (Lipinski definition) is 5. The van der Waals surface area contributed by atoms with Gasteiger partial charge in [-0.25, -0.2) is 9.78 Å². The molecule has 0 saturated carbocycles. The summed E-state index contributed by atoms with van der Waals surface area (Å²) in [7, 11) is 0. The first-order valence-corrected chi connectivity index (χ1v) is 8.09. The minimum absolute atomic E-state index is 0.0722. The maximum atomic E-state index is 12.2. The number of aromatic amines is 1. The normalized spacial score (nSPS) is 24.7. The maximum absolute atomic E-state index is 12.2. The van der Waals surface area contributed by atoms with Gasteiger partial charge in [0.05, 0.1) is 12.3 Å². The summed E-state index contributed by atoms with van der Waals surface area (Å²) in [6.45, 7) is -0.468. The number of H-pyrrole nitrogens is 1. The van der Waals surface area contributed by atoms with Gasteiger partial charge in [-0.15, -0.1) is 0 Å². The second kappa shape index (κ2) is 7.80. The van der Waals surface area contributed by atoms with Crippen molar-refractivity contribution in [3.63, 3.8) is 0 Å². The second-order valence-corrected chi connectivity index (χ2v) is 5.95. The van der Waals surface area contributed by atoms with Gasteiger partial charge in [0.1, 0.15) is 24.0 Å². The van der Waals surface area contributed by atoms with Gasteiger partial charge in [0.15, 0.2) is 6.23 Å². The molecule has 1 aliphatic rings. The number of pyridine rings is 1. The third-order valence-corrected chi connectivity index (χ3v) is 4.13. The molecular formula is C16H18N4O7. The summed E-state index contributed by atoms with van der Waals surface area (Å²) in [5.41, 5.74) is -1.00. The summed E-state index contributed by atoms with van der Waals surface area (Å²) < 4.78 is 6.44. The van der Waals surface area contributed by atoms with E-state index >= 15 is 0 Å². The van der Waals surface area contributed by atoms with Crippen LogP contribution in [-0.2, 0) is 11.3 Å². The Morgan fingerprint density at radius 3 is 2.74 bits per heavy atom. The van der Waals surface area contributed by atoms with E-state index < -0.39 is 41.7 Å². The second-order valence-electron chi connectivity index (χ2n) is 5.95. The van der Waals surface area contributed by atoms with Crippen LogP contribution in [0.15, 0.2) is 40.1 Å². The molecule has 2 aromatic rings. The Labute approximate surface area is 151 Å². The zero-order chi connectivity index (χ0) is 19.6. The Morgan fingerprint density at radius 1 is 1.26 bits per heavy atom. The van der Waals surface area contributed by atoms with Crippen molar-refractivity contribution >= 4 is 5.91 Å². The number of nitrogens with one attached hydrogen (secondary N) is 2. The molecule has 11 heteroatoms. The topological polar surface area (TPSA) is 167 Å². The van der Waals surface area contributed by atoms with Crippen LogP contribution in [0, 0.1) is 0 Å². The van der Waals surface area contributed by atoms with E-state index in [4.69, 9.17) is 9.84 Å². The first kappa shape index (κ1) is 18.9. The monoisotopic (exact) mass is 378 g/mol. The molecule has 3 rings (SSSR count). The predicted octanol–water partition coefficient (Wildman–Crippen LogP) is -2.53. The van der Waals surface area contributed by atoms with Crippen LogP contribution in [0.25, 0.3) is 0 Å². The minimum Gasteiger partial charge on any atom is -0.390 e. The van der Waals surface area contributed by atoms with Crippen LogP contribution in [-0.4, -0.2) is 60.6 Å². The Kier molecular flexibility index (Phi) is 5.46. The van der Waals surface area contributed by atoms with Gasteiger partial charge >= 0.3 is 5.69 Å². The minimum atomic E-state index is -1.44. The average molecular weight is 378 g/mol. The highest BCUT2D eigenvalue weighted by Crippen LogP contribution is 2.27. The molecule has 0 aromatic carbocycles. The summed E-state index contributed by atoms with van der Waals surface area (Å²) in [5, 5.41) is 31.9. The van der Waals surface area contributed by atoms with Crippen molar-refractivity contribution in [3.05, 3.63) is 62.7 Å². The van der Waals surface area contributed by atoms with E-state index in [1.54, 1.807) is 12.1 Å². The highest BCUT2D eigenvalue weighted by molar-refractivity contribution is 5.92. The van der Waals surface area contributed by atoms with Gasteiger partial charge in [-0.05, 0) is 12.1 Å². The van der Waals surface area contributed by atoms with Gasteiger partial charge in [0, 0.05) is 18.8 Å². The van der Waals surface area contributed by atoms with E-state index in [2.05, 4.69) is 10.3 Å². The first-order chi connectivity index (χ1) is 12.9. The molecule has 11 nitrogen and oxygen atoms in total. The lowest BCUT2D eigenvalue weighted by Gasteiger charge is -2.16. The van der Waals surface area contributed by atoms with Crippen LogP contribution < -0.4 is 16.6 Å². The molecule has 0 aliphatic carbocycles. The van der Waals surface area contributed by atoms with Crippen molar-refractivity contribution in [2.24, 2.45) is 0 Å². The third kappa shape index (κ3) is 3.95. The molecule has 0 radical (unpaired) electrons. The van der Waals surface area contributed by atoms with Crippen LogP contribution in [0.1, 0.15) is 22.4 Å². The van der Waals surface area contributed by atoms with E-state index in [-0.39, 0.29) is 18.8 Å². The molecule has 1 amide bonds. The fourth-order valence-electron chi connectivity index (χ4n) is 2.73. The molecule has 1 fully saturated rings. The summed E-state index contributed by atoms with van der Waals surface area (Å²) in [5.74, 6) is -0.555. The van der Waals surface area contributed by atoms with Crippen LogP contribution in [0.2, 0.25) is 0 Å². The van der Waals surface area contributed by atoms with Crippen molar-refractivity contribution in [1.82, 2.24) is 19.9 Å². The summed E-state index contributed by atoms with van der Waals surface area (Å²) in [6.07, 6.45) is -3.87. The van der Waals surface area contributed by atoms with Gasteiger partial charge in [-0.3, -0.25) is 19.1 Å². The van der Waals surface area contributed by atoms with Crippen LogP contribution >= 0.6 is 0 Å². The molecule has 0 bridgehead atoms. The number of carbonyl (C=O) groups is 1. The van der Waals surface area contributed by atoms with Crippen molar-refractivity contribution < 1.29 is 24.9 Å². The highest BCUT2D eigenvalue weighted by atomic mass is 16.6. The molecule has 5 N–H and O–H groups in total. The maximum Gasteiger partial charge on any atom is 0.330 e. The molecule has 1 saturated heterocycles. The SMILES string of the molecule is O=C(NC[C@H]1O[C@@H](n2ccc(=O)[nH]c2=O)[C@H](O)[C@@H]1O)c1cccc(CO)n1. The summed E-state index contributed by atoms with van der Waals surface area (Å²) in [6, 6.07) is 5.66. The standard InChI is InChI=1S/C16H18N4O7/c21-7-8-2-1-3-9(18-8)14(25)17-6-10-12(23)13(24)15(27-10)20-5-4-11(22)19-16(20)26/h1-5,10,12-13,15,21,23-24H,6-7H2,(H,17,25)(H,19,22,26)/t10-,12-,13-,15-/m1/s1. The van der Waals surface area contributed by atoms with Crippen molar-refractivity contribution in [1.29, 1.82) is 0 Å². The van der Waals surface area contributed by atoms with Gasteiger partial charge in [0.25, 0.3) is 11.5 Å². The average Bonchev–Trinajstić information content (AvgIpc) is 2.94. The van der Waals surface area contributed by atoms with Crippen LogP contribution in [0.3, 0.4) is 0 Å². The molecule has 1 aliphatic heterocycles. The number of aliphatic hydroxyl groups is 3. The van der Waals surface area contributed by atoms with Gasteiger partial charge in [-0.1, -0.05) is 6.07 Å². The largest absolute Gasteiger partial charge is 0.390 e. The number of rotatable bonds is 5.